The topological polar surface area (TPSA) is 46.5 Å². The van der Waals surface area contributed by atoms with E-state index in [9.17, 15) is 18.3 Å². The second-order valence-corrected chi connectivity index (χ2v) is 8.55. The molecule has 1 aliphatic rings. The number of halogens is 5. The van der Waals surface area contributed by atoms with Crippen molar-refractivity contribution in [2.24, 2.45) is 0 Å². The van der Waals surface area contributed by atoms with Crippen LogP contribution < -0.4 is 0 Å². The summed E-state index contributed by atoms with van der Waals surface area (Å²) in [6.45, 7) is 0.375. The van der Waals surface area contributed by atoms with Gasteiger partial charge in [0.2, 0.25) is 0 Å². The van der Waals surface area contributed by atoms with Crippen molar-refractivity contribution in [2.45, 2.75) is 50.3 Å². The number of carbonyl (C=O) groups is 1. The van der Waals surface area contributed by atoms with Gasteiger partial charge in [0.15, 0.2) is 5.60 Å². The Labute approximate surface area is 181 Å². The van der Waals surface area contributed by atoms with Crippen molar-refractivity contribution < 1.29 is 27.8 Å². The molecule has 0 fully saturated rings. The summed E-state index contributed by atoms with van der Waals surface area (Å²) >= 11 is 13.2. The average molecular weight is 469 g/mol. The molecule has 1 atom stereocenters. The number of aryl methyl sites for hydroxylation is 2. The van der Waals surface area contributed by atoms with E-state index in [1.54, 1.807) is 0 Å². The predicted octanol–water partition coefficient (Wildman–Crippen LogP) is 6.11. The lowest BCUT2D eigenvalue weighted by Gasteiger charge is -2.31. The normalized spacial score (nSPS) is 15.6. The molecule has 0 radical (unpaired) electrons. The molecule has 0 saturated carbocycles. The lowest BCUT2D eigenvalue weighted by Crippen LogP contribution is -2.42. The maximum Gasteiger partial charge on any atom is 0.421 e. The SMILES string of the molecule is COC=O.OC(CCc1scc2c1CCCC2)(c1cc(Cl)cc(Cl)c1)C(F)(F)F. The standard InChI is InChI=1S/C18H17Cl2F3OS.C2H4O2/c19-13-7-12(8-14(20)9-13)17(24,18(21,22)23)6-5-16-15-4-2-1-3-11(15)10-25-16;1-4-2-3/h7-10,24H,1-6H2;2H,1H3. The molecule has 0 bridgehead atoms. The molecule has 0 amide bonds. The molecule has 0 saturated heterocycles. The highest BCUT2D eigenvalue weighted by Gasteiger charge is 2.54. The molecule has 1 N–H and O–H groups in total. The Morgan fingerprint density at radius 3 is 2.31 bits per heavy atom. The van der Waals surface area contributed by atoms with Crippen molar-refractivity contribution in [1.82, 2.24) is 0 Å². The van der Waals surface area contributed by atoms with Gasteiger partial charge >= 0.3 is 6.18 Å². The quantitative estimate of drug-likeness (QED) is 0.538. The Morgan fingerprint density at radius 2 is 1.76 bits per heavy atom. The summed E-state index contributed by atoms with van der Waals surface area (Å²) in [5.41, 5.74) is -0.881. The van der Waals surface area contributed by atoms with E-state index in [4.69, 9.17) is 28.0 Å². The second kappa shape index (κ2) is 10.2. The fraction of sp³-hybridized carbons (Fsp3) is 0.450. The minimum atomic E-state index is -4.82. The maximum absolute atomic E-state index is 13.7. The minimum absolute atomic E-state index is 0.0682. The number of aliphatic hydroxyl groups is 1. The van der Waals surface area contributed by atoms with Crippen molar-refractivity contribution in [3.05, 3.63) is 55.2 Å². The predicted molar refractivity (Wildman–Crippen MR) is 109 cm³/mol. The van der Waals surface area contributed by atoms with Crippen molar-refractivity contribution in [3.63, 3.8) is 0 Å². The van der Waals surface area contributed by atoms with E-state index in [-0.39, 0.29) is 22.0 Å². The Balaban J connectivity index is 0.000000687. The van der Waals surface area contributed by atoms with Gasteiger partial charge in [-0.25, -0.2) is 0 Å². The molecule has 1 aromatic carbocycles. The van der Waals surface area contributed by atoms with Crippen molar-refractivity contribution in [3.8, 4) is 0 Å². The van der Waals surface area contributed by atoms with Crippen LogP contribution in [0.3, 0.4) is 0 Å². The molecule has 160 valence electrons. The van der Waals surface area contributed by atoms with Crippen LogP contribution >= 0.6 is 34.5 Å². The lowest BCUT2D eigenvalue weighted by molar-refractivity contribution is -0.269. The van der Waals surface area contributed by atoms with Crippen LogP contribution in [-0.4, -0.2) is 24.9 Å². The third kappa shape index (κ3) is 5.87. The van der Waals surface area contributed by atoms with E-state index >= 15 is 0 Å². The van der Waals surface area contributed by atoms with Gasteiger partial charge in [0.25, 0.3) is 6.47 Å². The molecule has 3 nitrogen and oxygen atoms in total. The molecule has 2 aromatic rings. The summed E-state index contributed by atoms with van der Waals surface area (Å²) in [5.74, 6) is 0. The number of alkyl halides is 3. The summed E-state index contributed by atoms with van der Waals surface area (Å²) in [6, 6.07) is 3.61. The van der Waals surface area contributed by atoms with Gasteiger partial charge in [0, 0.05) is 14.9 Å². The minimum Gasteiger partial charge on any atom is -0.471 e. The first-order valence-corrected chi connectivity index (χ1v) is 10.6. The molecule has 0 spiro atoms. The van der Waals surface area contributed by atoms with Crippen LogP contribution in [0.1, 0.15) is 40.8 Å². The molecule has 1 aromatic heterocycles. The van der Waals surface area contributed by atoms with Crippen LogP contribution in [0.25, 0.3) is 0 Å². The van der Waals surface area contributed by atoms with Gasteiger partial charge in [0.1, 0.15) is 0 Å². The van der Waals surface area contributed by atoms with Gasteiger partial charge in [0.05, 0.1) is 7.11 Å². The van der Waals surface area contributed by atoms with Gasteiger partial charge in [-0.1, -0.05) is 23.2 Å². The highest BCUT2D eigenvalue weighted by molar-refractivity contribution is 7.10. The largest absolute Gasteiger partial charge is 0.471 e. The Morgan fingerprint density at radius 1 is 1.17 bits per heavy atom. The van der Waals surface area contributed by atoms with Gasteiger partial charge in [-0.15, -0.1) is 11.3 Å². The monoisotopic (exact) mass is 468 g/mol. The fourth-order valence-electron chi connectivity index (χ4n) is 3.34. The Bertz CT molecular complexity index is 819. The number of benzene rings is 1. The number of methoxy groups -OCH3 is 1. The second-order valence-electron chi connectivity index (χ2n) is 6.72. The zero-order chi connectivity index (χ0) is 21.7. The van der Waals surface area contributed by atoms with Gasteiger partial charge in [-0.2, -0.15) is 13.2 Å². The summed E-state index contributed by atoms with van der Waals surface area (Å²) < 4.78 is 44.9. The van der Waals surface area contributed by atoms with E-state index in [1.165, 1.54) is 35.6 Å². The molecule has 1 aliphatic carbocycles. The smallest absolute Gasteiger partial charge is 0.421 e. The van der Waals surface area contributed by atoms with E-state index in [1.807, 2.05) is 5.38 Å². The Hall–Kier alpha value is -1.28. The third-order valence-electron chi connectivity index (χ3n) is 4.81. The molecule has 1 heterocycles. The molecule has 1 unspecified atom stereocenters. The average Bonchev–Trinajstić information content (AvgIpc) is 3.08. The third-order valence-corrected chi connectivity index (χ3v) is 6.38. The van der Waals surface area contributed by atoms with Crippen molar-refractivity contribution in [2.75, 3.05) is 7.11 Å². The number of thiophene rings is 1. The number of carbonyl (C=O) groups excluding carboxylic acids is 1. The molecule has 29 heavy (non-hydrogen) atoms. The van der Waals surface area contributed by atoms with E-state index in [2.05, 4.69) is 4.74 Å². The molecule has 9 heteroatoms. The fourth-order valence-corrected chi connectivity index (χ4v) is 5.00. The summed E-state index contributed by atoms with van der Waals surface area (Å²) in [6.07, 6.45) is -1.04. The molecular formula is C20H21Cl2F3O3S. The van der Waals surface area contributed by atoms with Crippen LogP contribution in [0, 0.1) is 0 Å². The zero-order valence-electron chi connectivity index (χ0n) is 15.7. The number of ether oxygens (including phenoxy) is 1. The number of hydrogen-bond acceptors (Lipinski definition) is 4. The zero-order valence-corrected chi connectivity index (χ0v) is 18.0. The van der Waals surface area contributed by atoms with Crippen molar-refractivity contribution in [1.29, 1.82) is 0 Å². The van der Waals surface area contributed by atoms with Crippen LogP contribution in [0.15, 0.2) is 23.6 Å². The summed E-state index contributed by atoms with van der Waals surface area (Å²) in [5, 5.41) is 12.7. The highest BCUT2D eigenvalue weighted by atomic mass is 35.5. The van der Waals surface area contributed by atoms with Gasteiger partial charge in [-0.05, 0) is 78.8 Å². The Kier molecular flexibility index (Phi) is 8.40. The maximum atomic E-state index is 13.7. The van der Waals surface area contributed by atoms with Crippen LogP contribution in [0.5, 0.6) is 0 Å². The molecule has 3 rings (SSSR count). The van der Waals surface area contributed by atoms with E-state index in [0.717, 1.165) is 42.7 Å². The molecular weight excluding hydrogens is 448 g/mol. The van der Waals surface area contributed by atoms with Gasteiger partial charge in [-0.3, -0.25) is 4.79 Å². The molecule has 0 aliphatic heterocycles. The first-order valence-electron chi connectivity index (χ1n) is 8.92. The number of rotatable bonds is 5. The van der Waals surface area contributed by atoms with E-state index in [0.29, 0.717) is 6.47 Å². The van der Waals surface area contributed by atoms with Crippen LogP contribution in [-0.2, 0) is 34.4 Å². The van der Waals surface area contributed by atoms with Crippen molar-refractivity contribution >= 4 is 41.0 Å². The van der Waals surface area contributed by atoms with Crippen LogP contribution in [0.2, 0.25) is 10.0 Å². The summed E-state index contributed by atoms with van der Waals surface area (Å²) in [7, 11) is 1.31. The lowest BCUT2D eigenvalue weighted by atomic mass is 9.86. The first kappa shape index (κ1) is 24.0. The first-order chi connectivity index (χ1) is 13.6. The van der Waals surface area contributed by atoms with Gasteiger partial charge < -0.3 is 9.84 Å². The number of hydrogen-bond donors (Lipinski definition) is 1. The van der Waals surface area contributed by atoms with Crippen LogP contribution in [0.4, 0.5) is 13.2 Å². The highest BCUT2D eigenvalue weighted by Crippen LogP contribution is 2.44. The number of fused-ring (bicyclic) bond motifs is 1. The van der Waals surface area contributed by atoms with E-state index < -0.39 is 18.2 Å². The summed E-state index contributed by atoms with van der Waals surface area (Å²) in [4.78, 5) is 9.89.